The van der Waals surface area contributed by atoms with E-state index in [2.05, 4.69) is 0 Å². The Morgan fingerprint density at radius 3 is 2.24 bits per heavy atom. The maximum absolute atomic E-state index is 13.9. The highest BCUT2D eigenvalue weighted by molar-refractivity contribution is 7.90. The van der Waals surface area contributed by atoms with Gasteiger partial charge >= 0.3 is 5.97 Å². The molecule has 0 saturated heterocycles. The first-order valence-corrected chi connectivity index (χ1v) is 11.8. The normalized spacial score (nSPS) is 11.4. The molecule has 0 atom stereocenters. The second-order valence-electron chi connectivity index (χ2n) is 7.44. The van der Waals surface area contributed by atoms with Gasteiger partial charge < -0.3 is 19.3 Å². The van der Waals surface area contributed by atoms with E-state index in [4.69, 9.17) is 19.3 Å². The molecule has 1 N–H and O–H groups in total. The van der Waals surface area contributed by atoms with E-state index >= 15 is 0 Å². The van der Waals surface area contributed by atoms with Gasteiger partial charge in [0.2, 0.25) is 0 Å². The third-order valence-electron chi connectivity index (χ3n) is 5.32. The third-order valence-corrected chi connectivity index (χ3v) is 7.04. The summed E-state index contributed by atoms with van der Waals surface area (Å²) in [7, 11) is -1.19. The number of para-hydroxylation sites is 2. The topological polar surface area (TPSA) is 104 Å². The number of hydrogen-bond donors (Lipinski definition) is 1. The van der Waals surface area contributed by atoms with Crippen molar-refractivity contribution in [1.82, 2.24) is 3.97 Å². The number of aryl methyl sites for hydroxylation is 1. The summed E-state index contributed by atoms with van der Waals surface area (Å²) in [5.41, 5.74) is 0.899. The first-order chi connectivity index (χ1) is 16.3. The van der Waals surface area contributed by atoms with Gasteiger partial charge in [0.1, 0.15) is 16.4 Å². The molecule has 1 heterocycles. The fourth-order valence-corrected chi connectivity index (χ4v) is 5.20. The summed E-state index contributed by atoms with van der Waals surface area (Å²) in [6.45, 7) is 0. The quantitative estimate of drug-likeness (QED) is 0.369. The van der Waals surface area contributed by atoms with Gasteiger partial charge in [-0.1, -0.05) is 30.3 Å². The van der Waals surface area contributed by atoms with Crippen molar-refractivity contribution in [2.24, 2.45) is 0 Å². The van der Waals surface area contributed by atoms with Crippen molar-refractivity contribution >= 4 is 26.9 Å². The van der Waals surface area contributed by atoms with Gasteiger partial charge in [0.15, 0.2) is 11.5 Å². The van der Waals surface area contributed by atoms with Crippen LogP contribution in [0, 0.1) is 0 Å². The van der Waals surface area contributed by atoms with Gasteiger partial charge in [-0.25, -0.2) is 12.4 Å². The van der Waals surface area contributed by atoms with Crippen LogP contribution in [0.3, 0.4) is 0 Å². The van der Waals surface area contributed by atoms with E-state index in [1.165, 1.54) is 26.5 Å². The van der Waals surface area contributed by atoms with Crippen LogP contribution in [-0.2, 0) is 21.2 Å². The molecule has 34 heavy (non-hydrogen) atoms. The van der Waals surface area contributed by atoms with E-state index in [1.54, 1.807) is 54.6 Å². The zero-order chi connectivity index (χ0) is 24.3. The Hall–Kier alpha value is -3.98. The number of carboxylic acids is 1. The number of aromatic nitrogens is 1. The lowest BCUT2D eigenvalue weighted by atomic mass is 10.1. The highest BCUT2D eigenvalue weighted by atomic mass is 32.2. The molecule has 0 spiro atoms. The molecule has 176 valence electrons. The van der Waals surface area contributed by atoms with Crippen LogP contribution in [0.1, 0.15) is 12.0 Å². The molecule has 0 bridgehead atoms. The van der Waals surface area contributed by atoms with Gasteiger partial charge in [-0.15, -0.1) is 0 Å². The highest BCUT2D eigenvalue weighted by Crippen LogP contribution is 2.38. The molecule has 0 unspecified atom stereocenters. The van der Waals surface area contributed by atoms with E-state index < -0.39 is 16.0 Å². The van der Waals surface area contributed by atoms with E-state index in [9.17, 15) is 13.2 Å². The van der Waals surface area contributed by atoms with Crippen LogP contribution >= 0.6 is 0 Å². The molecular weight excluding hydrogens is 458 g/mol. The number of carboxylic acid groups (broad SMARTS) is 1. The number of nitrogens with zero attached hydrogens (tertiary/aromatic N) is 1. The number of ether oxygens (including phenoxy) is 3. The van der Waals surface area contributed by atoms with Crippen LogP contribution in [0.5, 0.6) is 23.0 Å². The maximum Gasteiger partial charge on any atom is 0.303 e. The zero-order valence-corrected chi connectivity index (χ0v) is 19.4. The fourth-order valence-electron chi connectivity index (χ4n) is 3.70. The number of carbonyl (C=O) groups is 1. The molecule has 3 aromatic carbocycles. The monoisotopic (exact) mass is 481 g/mol. The summed E-state index contributed by atoms with van der Waals surface area (Å²) in [5, 5.41) is 9.72. The van der Waals surface area contributed by atoms with Crippen LogP contribution in [0.2, 0.25) is 0 Å². The number of aliphatic carboxylic acids is 1. The van der Waals surface area contributed by atoms with E-state index in [0.29, 0.717) is 33.7 Å². The van der Waals surface area contributed by atoms with Crippen LogP contribution in [0.15, 0.2) is 77.8 Å². The SMILES string of the molecule is COc1cc2c(CCC(=O)O)cn(S(=O)(=O)c3ccccc3Oc3ccccc3)c2cc1OC. The molecule has 0 saturated carbocycles. The van der Waals surface area contributed by atoms with Crippen molar-refractivity contribution < 1.29 is 32.5 Å². The van der Waals surface area contributed by atoms with Gasteiger partial charge in [-0.3, -0.25) is 4.79 Å². The second-order valence-corrected chi connectivity index (χ2v) is 9.22. The molecule has 0 aliphatic rings. The van der Waals surface area contributed by atoms with Gasteiger partial charge in [0.05, 0.1) is 19.7 Å². The average molecular weight is 482 g/mol. The summed E-state index contributed by atoms with van der Waals surface area (Å²) < 4.78 is 45.5. The largest absolute Gasteiger partial charge is 0.493 e. The Kier molecular flexibility index (Phi) is 6.47. The third kappa shape index (κ3) is 4.42. The molecule has 1 aromatic heterocycles. The lowest BCUT2D eigenvalue weighted by molar-refractivity contribution is -0.136. The Balaban J connectivity index is 1.90. The van der Waals surface area contributed by atoms with Gasteiger partial charge in [-0.2, -0.15) is 0 Å². The molecule has 0 aliphatic carbocycles. The predicted molar refractivity (Wildman–Crippen MR) is 127 cm³/mol. The zero-order valence-electron chi connectivity index (χ0n) is 18.6. The average Bonchev–Trinajstić information content (AvgIpc) is 3.21. The van der Waals surface area contributed by atoms with Gasteiger partial charge in [0, 0.05) is 24.1 Å². The second kappa shape index (κ2) is 9.48. The lowest BCUT2D eigenvalue weighted by Gasteiger charge is -2.14. The van der Waals surface area contributed by atoms with Crippen LogP contribution < -0.4 is 14.2 Å². The number of fused-ring (bicyclic) bond motifs is 1. The van der Waals surface area contributed by atoms with Gasteiger partial charge in [0.25, 0.3) is 10.0 Å². The molecule has 0 fully saturated rings. The molecule has 4 rings (SSSR count). The minimum Gasteiger partial charge on any atom is -0.493 e. The van der Waals surface area contributed by atoms with Crippen LogP contribution in [0.25, 0.3) is 10.9 Å². The summed E-state index contributed by atoms with van der Waals surface area (Å²) in [4.78, 5) is 11.2. The molecule has 4 aromatic rings. The molecule has 0 radical (unpaired) electrons. The van der Waals surface area contributed by atoms with Crippen molar-refractivity contribution in [3.05, 3.63) is 78.5 Å². The summed E-state index contributed by atoms with van der Waals surface area (Å²) in [6, 6.07) is 18.5. The van der Waals surface area contributed by atoms with Crippen molar-refractivity contribution in [3.63, 3.8) is 0 Å². The molecule has 0 amide bonds. The smallest absolute Gasteiger partial charge is 0.303 e. The van der Waals surface area contributed by atoms with Crippen molar-refractivity contribution in [2.75, 3.05) is 14.2 Å². The van der Waals surface area contributed by atoms with Crippen molar-refractivity contribution in [3.8, 4) is 23.0 Å². The van der Waals surface area contributed by atoms with Crippen molar-refractivity contribution in [1.29, 1.82) is 0 Å². The summed E-state index contributed by atoms with van der Waals surface area (Å²) >= 11 is 0. The first kappa shape index (κ1) is 23.2. The Morgan fingerprint density at radius 2 is 1.56 bits per heavy atom. The predicted octanol–water partition coefficient (Wildman–Crippen LogP) is 4.71. The Labute approximate surface area is 197 Å². The molecule has 8 nitrogen and oxygen atoms in total. The summed E-state index contributed by atoms with van der Waals surface area (Å²) in [6.07, 6.45) is 1.44. The van der Waals surface area contributed by atoms with Crippen LogP contribution in [0.4, 0.5) is 0 Å². The van der Waals surface area contributed by atoms with E-state index in [-0.39, 0.29) is 23.5 Å². The number of methoxy groups -OCH3 is 2. The van der Waals surface area contributed by atoms with Crippen LogP contribution in [-0.4, -0.2) is 37.7 Å². The standard InChI is InChI=1S/C25H23NO7S/c1-31-22-14-19-17(12-13-25(27)28)16-26(20(19)15-23(22)32-2)34(29,30)24-11-7-6-10-21(24)33-18-8-4-3-5-9-18/h3-11,14-16H,12-13H2,1-2H3,(H,27,28). The van der Waals surface area contributed by atoms with Crippen molar-refractivity contribution in [2.45, 2.75) is 17.7 Å². The lowest BCUT2D eigenvalue weighted by Crippen LogP contribution is -2.13. The first-order valence-electron chi connectivity index (χ1n) is 10.4. The maximum atomic E-state index is 13.9. The molecular formula is C25H23NO7S. The van der Waals surface area contributed by atoms with Gasteiger partial charge in [-0.05, 0) is 42.3 Å². The highest BCUT2D eigenvalue weighted by Gasteiger charge is 2.26. The number of rotatable bonds is 9. The minimum atomic E-state index is -4.13. The minimum absolute atomic E-state index is 0.0321. The summed E-state index contributed by atoms with van der Waals surface area (Å²) in [5.74, 6) is 0.447. The molecule has 0 aliphatic heterocycles. The number of hydrogen-bond acceptors (Lipinski definition) is 6. The number of benzene rings is 3. The Morgan fingerprint density at radius 1 is 0.912 bits per heavy atom. The van der Waals surface area contributed by atoms with E-state index in [0.717, 1.165) is 3.97 Å². The van der Waals surface area contributed by atoms with E-state index in [1.807, 2.05) is 6.07 Å². The Bertz CT molecular complexity index is 1440. The molecule has 9 heteroatoms. The fraction of sp³-hybridized carbons (Fsp3) is 0.160.